The second kappa shape index (κ2) is 2.76. The highest BCUT2D eigenvalue weighted by molar-refractivity contribution is 5.99. The molecule has 0 aliphatic carbocycles. The molecule has 13 heavy (non-hydrogen) atoms. The van der Waals surface area contributed by atoms with Crippen LogP contribution in [-0.2, 0) is 4.74 Å². The maximum atomic E-state index is 11.4. The Labute approximate surface area is 76.5 Å². The van der Waals surface area contributed by atoms with E-state index < -0.39 is 0 Å². The maximum Gasteiger partial charge on any atom is 0.341 e. The van der Waals surface area contributed by atoms with Crippen LogP contribution in [0.5, 0.6) is 0 Å². The number of esters is 1. The fourth-order valence-corrected chi connectivity index (χ4v) is 1.65. The first kappa shape index (κ1) is 8.10. The number of cyclic esters (lactones) is 1. The van der Waals surface area contributed by atoms with Gasteiger partial charge in [0, 0.05) is 11.3 Å². The number of nitrogens with two attached hydrogens (primary N) is 1. The number of carbonyl (C=O) groups is 1. The van der Waals surface area contributed by atoms with Crippen LogP contribution >= 0.6 is 0 Å². The Balaban J connectivity index is 2.57. The summed E-state index contributed by atoms with van der Waals surface area (Å²) in [5.41, 5.74) is 7.66. The van der Waals surface area contributed by atoms with E-state index in [-0.39, 0.29) is 12.1 Å². The Bertz CT molecular complexity index is 360. The molecule has 0 aromatic heterocycles. The van der Waals surface area contributed by atoms with Gasteiger partial charge in [-0.3, -0.25) is 0 Å². The smallest absolute Gasteiger partial charge is 0.341 e. The quantitative estimate of drug-likeness (QED) is 0.526. The molecule has 1 unspecified atom stereocenters. The van der Waals surface area contributed by atoms with E-state index >= 15 is 0 Å². The molecule has 0 spiro atoms. The fraction of sp³-hybridized carbons (Fsp3) is 0.300. The van der Waals surface area contributed by atoms with Crippen molar-refractivity contribution in [2.24, 2.45) is 0 Å². The summed E-state index contributed by atoms with van der Waals surface area (Å²) in [5.74, 6) is -0.292. The second-order valence-electron chi connectivity index (χ2n) is 3.11. The zero-order valence-corrected chi connectivity index (χ0v) is 7.41. The van der Waals surface area contributed by atoms with Crippen molar-refractivity contribution in [1.29, 1.82) is 0 Å². The molecule has 0 bridgehead atoms. The van der Waals surface area contributed by atoms with Crippen LogP contribution in [0.3, 0.4) is 0 Å². The molecular weight excluding hydrogens is 166 g/mol. The maximum absolute atomic E-state index is 11.4. The molecule has 2 N–H and O–H groups in total. The summed E-state index contributed by atoms with van der Waals surface area (Å²) in [6, 6.07) is 5.46. The highest BCUT2D eigenvalue weighted by Crippen LogP contribution is 2.35. The summed E-state index contributed by atoms with van der Waals surface area (Å²) in [6.07, 6.45) is 0.688. The standard InChI is InChI=1S/C10H11NO2/c1-2-8-6-4-3-5-7(11)9(6)10(12)13-8/h3-5,8H,2,11H2,1H3. The van der Waals surface area contributed by atoms with Gasteiger partial charge in [0.05, 0.1) is 5.56 Å². The number of hydrogen-bond donors (Lipinski definition) is 1. The van der Waals surface area contributed by atoms with E-state index in [1.54, 1.807) is 6.07 Å². The first-order valence-corrected chi connectivity index (χ1v) is 4.33. The third-order valence-electron chi connectivity index (χ3n) is 2.30. The number of anilines is 1. The molecule has 0 amide bonds. The van der Waals surface area contributed by atoms with Crippen molar-refractivity contribution in [3.63, 3.8) is 0 Å². The molecule has 2 rings (SSSR count). The van der Waals surface area contributed by atoms with Crippen LogP contribution in [-0.4, -0.2) is 5.97 Å². The third-order valence-corrected chi connectivity index (χ3v) is 2.30. The minimum Gasteiger partial charge on any atom is -0.454 e. The number of fused-ring (bicyclic) bond motifs is 1. The van der Waals surface area contributed by atoms with Crippen LogP contribution in [0.4, 0.5) is 5.69 Å². The molecule has 1 aromatic rings. The van der Waals surface area contributed by atoms with E-state index in [9.17, 15) is 4.79 Å². The van der Waals surface area contributed by atoms with E-state index in [1.165, 1.54) is 0 Å². The minimum atomic E-state index is -0.292. The van der Waals surface area contributed by atoms with Gasteiger partial charge >= 0.3 is 5.97 Å². The van der Waals surface area contributed by atoms with Crippen LogP contribution in [0.2, 0.25) is 0 Å². The number of rotatable bonds is 1. The van der Waals surface area contributed by atoms with Crippen molar-refractivity contribution in [3.05, 3.63) is 29.3 Å². The number of hydrogen-bond acceptors (Lipinski definition) is 3. The highest BCUT2D eigenvalue weighted by atomic mass is 16.5. The average molecular weight is 177 g/mol. The van der Waals surface area contributed by atoms with Crippen molar-refractivity contribution in [2.45, 2.75) is 19.4 Å². The van der Waals surface area contributed by atoms with E-state index in [2.05, 4.69) is 0 Å². The third kappa shape index (κ3) is 1.08. The largest absolute Gasteiger partial charge is 0.454 e. The van der Waals surface area contributed by atoms with Gasteiger partial charge in [-0.25, -0.2) is 4.79 Å². The van der Waals surface area contributed by atoms with E-state index in [1.807, 2.05) is 19.1 Å². The summed E-state index contributed by atoms with van der Waals surface area (Å²) in [7, 11) is 0. The zero-order valence-electron chi connectivity index (χ0n) is 7.41. The molecule has 1 aromatic carbocycles. The van der Waals surface area contributed by atoms with Gasteiger partial charge in [0.15, 0.2) is 0 Å². The van der Waals surface area contributed by atoms with Crippen LogP contribution in [0.25, 0.3) is 0 Å². The van der Waals surface area contributed by atoms with Gasteiger partial charge in [-0.05, 0) is 12.5 Å². The molecular formula is C10H11NO2. The lowest BCUT2D eigenvalue weighted by molar-refractivity contribution is 0.0379. The molecule has 0 radical (unpaired) electrons. The molecule has 3 heteroatoms. The molecule has 68 valence electrons. The Morgan fingerprint density at radius 2 is 2.31 bits per heavy atom. The van der Waals surface area contributed by atoms with Gasteiger partial charge in [-0.1, -0.05) is 19.1 Å². The van der Waals surface area contributed by atoms with Crippen molar-refractivity contribution >= 4 is 11.7 Å². The van der Waals surface area contributed by atoms with Gasteiger partial charge < -0.3 is 10.5 Å². The van der Waals surface area contributed by atoms with Crippen LogP contribution in [0.15, 0.2) is 18.2 Å². The number of carbonyl (C=O) groups excluding carboxylic acids is 1. The lowest BCUT2D eigenvalue weighted by Gasteiger charge is -2.05. The Morgan fingerprint density at radius 3 is 3.00 bits per heavy atom. The van der Waals surface area contributed by atoms with E-state index in [4.69, 9.17) is 10.5 Å². The van der Waals surface area contributed by atoms with Crippen LogP contribution < -0.4 is 5.73 Å². The summed E-state index contributed by atoms with van der Waals surface area (Å²) < 4.78 is 5.14. The Kier molecular flexibility index (Phi) is 1.72. The molecule has 3 nitrogen and oxygen atoms in total. The summed E-state index contributed by atoms with van der Waals surface area (Å²) in [6.45, 7) is 1.98. The summed E-state index contributed by atoms with van der Waals surface area (Å²) in [5, 5.41) is 0. The summed E-state index contributed by atoms with van der Waals surface area (Å²) in [4.78, 5) is 11.4. The van der Waals surface area contributed by atoms with Crippen molar-refractivity contribution in [3.8, 4) is 0 Å². The second-order valence-corrected chi connectivity index (χ2v) is 3.11. The normalized spacial score (nSPS) is 19.8. The number of ether oxygens (including phenoxy) is 1. The number of benzene rings is 1. The first-order valence-electron chi connectivity index (χ1n) is 4.33. The van der Waals surface area contributed by atoms with Crippen LogP contribution in [0.1, 0.15) is 35.4 Å². The molecule has 1 aliphatic rings. The molecule has 1 heterocycles. The Morgan fingerprint density at radius 1 is 1.54 bits per heavy atom. The zero-order chi connectivity index (χ0) is 9.42. The minimum absolute atomic E-state index is 0.106. The predicted molar refractivity (Wildman–Crippen MR) is 49.3 cm³/mol. The predicted octanol–water partition coefficient (Wildman–Crippen LogP) is 1.89. The molecule has 0 fully saturated rings. The van der Waals surface area contributed by atoms with E-state index in [0.717, 1.165) is 12.0 Å². The van der Waals surface area contributed by atoms with Gasteiger partial charge in [-0.15, -0.1) is 0 Å². The van der Waals surface area contributed by atoms with Gasteiger partial charge in [0.2, 0.25) is 0 Å². The van der Waals surface area contributed by atoms with Crippen molar-refractivity contribution < 1.29 is 9.53 Å². The highest BCUT2D eigenvalue weighted by Gasteiger charge is 2.31. The molecule has 1 atom stereocenters. The average Bonchev–Trinajstić information content (AvgIpc) is 2.44. The van der Waals surface area contributed by atoms with E-state index in [0.29, 0.717) is 11.3 Å². The Hall–Kier alpha value is -1.51. The molecule has 1 aliphatic heterocycles. The topological polar surface area (TPSA) is 52.3 Å². The molecule has 0 saturated carbocycles. The van der Waals surface area contributed by atoms with Crippen LogP contribution in [0, 0.1) is 0 Å². The van der Waals surface area contributed by atoms with Crippen molar-refractivity contribution in [1.82, 2.24) is 0 Å². The summed E-state index contributed by atoms with van der Waals surface area (Å²) >= 11 is 0. The van der Waals surface area contributed by atoms with Gasteiger partial charge in [0.25, 0.3) is 0 Å². The lowest BCUT2D eigenvalue weighted by atomic mass is 10.0. The first-order chi connectivity index (χ1) is 6.24. The lowest BCUT2D eigenvalue weighted by Crippen LogP contribution is -1.99. The van der Waals surface area contributed by atoms with Gasteiger partial charge in [0.1, 0.15) is 6.10 Å². The monoisotopic (exact) mass is 177 g/mol. The van der Waals surface area contributed by atoms with Gasteiger partial charge in [-0.2, -0.15) is 0 Å². The SMILES string of the molecule is CCC1OC(=O)c2c(N)cccc21. The van der Waals surface area contributed by atoms with Crippen molar-refractivity contribution in [2.75, 3.05) is 5.73 Å². The number of nitrogen functional groups attached to an aromatic ring is 1. The molecule has 0 saturated heterocycles. The fourth-order valence-electron chi connectivity index (χ4n) is 1.65.